The molecule has 0 spiro atoms. The zero-order valence-corrected chi connectivity index (χ0v) is 60.4. The van der Waals surface area contributed by atoms with E-state index in [0.29, 0.717) is 50.7 Å². The van der Waals surface area contributed by atoms with Crippen molar-refractivity contribution in [2.45, 2.75) is 226 Å². The van der Waals surface area contributed by atoms with E-state index in [-0.39, 0.29) is 58.3 Å². The second-order valence-electron chi connectivity index (χ2n) is 28.4. The molecule has 0 fully saturated rings. The second-order valence-corrected chi connectivity index (χ2v) is 31.0. The van der Waals surface area contributed by atoms with Crippen LogP contribution in [0.4, 0.5) is 31.4 Å². The number of nitrogens with zero attached hydrogens (tertiary/aromatic N) is 4. The highest BCUT2D eigenvalue weighted by atomic mass is 127. The maximum absolute atomic E-state index is 13.3. The summed E-state index contributed by atoms with van der Waals surface area (Å²) in [5.41, 5.74) is 0.409. The fourth-order valence-electron chi connectivity index (χ4n) is 9.17. The number of hydrogen-bond acceptors (Lipinski definition) is 22. The molecule has 26 heteroatoms. The molecule has 3 heterocycles. The summed E-state index contributed by atoms with van der Waals surface area (Å²) in [4.78, 5) is 134. The van der Waals surface area contributed by atoms with Gasteiger partial charge in [0, 0.05) is 52.5 Å². The minimum atomic E-state index is -1.21. The topological polar surface area (TPSA) is 315 Å². The molecule has 0 saturated heterocycles. The van der Waals surface area contributed by atoms with Gasteiger partial charge in [-0.3, -0.25) is 14.4 Å². The van der Waals surface area contributed by atoms with E-state index in [1.165, 1.54) is 0 Å². The number of amides is 3. The van der Waals surface area contributed by atoms with Crippen LogP contribution in [0.5, 0.6) is 0 Å². The van der Waals surface area contributed by atoms with Gasteiger partial charge in [0.2, 0.25) is 0 Å². The Morgan fingerprint density at radius 3 is 0.866 bits per heavy atom. The van der Waals surface area contributed by atoms with E-state index in [9.17, 15) is 43.2 Å². The van der Waals surface area contributed by atoms with Crippen molar-refractivity contribution in [2.24, 2.45) is 0 Å². The normalized spacial score (nSPS) is 13.1. The maximum Gasteiger partial charge on any atom is 0.408 e. The number of esters is 6. The van der Waals surface area contributed by atoms with Gasteiger partial charge in [0.25, 0.3) is 0 Å². The number of alkyl halides is 1. The molecule has 97 heavy (non-hydrogen) atoms. The second kappa shape index (κ2) is 32.4. The van der Waals surface area contributed by atoms with E-state index in [0.717, 1.165) is 16.2 Å². The van der Waals surface area contributed by atoms with Crippen LogP contribution in [0.3, 0.4) is 0 Å². The summed E-state index contributed by atoms with van der Waals surface area (Å²) in [7, 11) is 0. The summed E-state index contributed by atoms with van der Waals surface area (Å²) < 4.78 is 48.7. The number of hydrogen-bond donors (Lipinski definition) is 3. The van der Waals surface area contributed by atoms with Crippen LogP contribution in [0.15, 0.2) is 91.0 Å². The summed E-state index contributed by atoms with van der Waals surface area (Å²) in [5.74, 6) is -4.21. The van der Waals surface area contributed by atoms with Gasteiger partial charge in [0.15, 0.2) is 3.61 Å². The minimum absolute atomic E-state index is 0.135. The van der Waals surface area contributed by atoms with Crippen LogP contribution in [0.25, 0.3) is 32.7 Å². The molecule has 0 saturated carbocycles. The first-order valence-electron chi connectivity index (χ1n) is 31.7. The predicted octanol–water partition coefficient (Wildman–Crippen LogP) is 13.3. The van der Waals surface area contributed by atoms with Gasteiger partial charge in [-0.05, 0) is 214 Å². The molecule has 6 rings (SSSR count). The van der Waals surface area contributed by atoms with Crippen LogP contribution in [0.1, 0.15) is 173 Å². The zero-order valence-electron chi connectivity index (χ0n) is 58.3. The lowest BCUT2D eigenvalue weighted by molar-refractivity contribution is -0.159. The molecule has 6 aromatic rings. The highest BCUT2D eigenvalue weighted by Gasteiger charge is 2.33. The molecular formula is C71H90IN7O18. The van der Waals surface area contributed by atoms with Gasteiger partial charge < -0.3 is 63.5 Å². The lowest BCUT2D eigenvalue weighted by Gasteiger charge is -2.26. The number of halogens is 1. The van der Waals surface area contributed by atoms with Gasteiger partial charge >= 0.3 is 54.1 Å². The smallest absolute Gasteiger partial charge is 0.408 e. The first-order valence-corrected chi connectivity index (χ1v) is 32.8. The van der Waals surface area contributed by atoms with Crippen molar-refractivity contribution in [2.75, 3.05) is 4.90 Å². The molecule has 3 aromatic heterocycles. The monoisotopic (exact) mass is 1460 g/mol. The largest absolute Gasteiger partial charge is 0.459 e. The number of carbonyl (C=O) groups excluding carboxylic acids is 9. The molecule has 524 valence electrons. The van der Waals surface area contributed by atoms with Gasteiger partial charge in [0.1, 0.15) is 66.0 Å². The standard InChI is InChI=1S/C71H90IN7O18/c1-66(2,3)92-60(83)51(76-63(86)95-68(7,8)9)30-33-57(80)89-39-45-24-18-42-21-27-48(36-54(42)73-45)79(49-28-22-43-19-25-46(74-55(43)37-49)40-90-58(81)34-31-52(61(84)93-67(4,5)6)77-64(87)96-69(10,11)12)50-29-23-44-20-26-47(75-56(44)38-50)41-91-59(82)35-32-53(62(85)94-71(16,17)72)78-65(88)97-70(13,14)15/h18-29,36-38,51-53H,30-35,39-41H2,1-17H3,(H,76,86)(H,77,87)(H,78,88)/t51-,52-,53-/m0/s1. The number of alkyl carbamates (subject to hydrolysis) is 3. The first-order chi connectivity index (χ1) is 44.9. The highest BCUT2D eigenvalue weighted by molar-refractivity contribution is 14.1. The van der Waals surface area contributed by atoms with E-state index < -0.39 is 104 Å². The number of pyridine rings is 3. The molecule has 3 atom stereocenters. The van der Waals surface area contributed by atoms with Gasteiger partial charge in [-0.15, -0.1) is 0 Å². The summed E-state index contributed by atoms with van der Waals surface area (Å²) in [6, 6.07) is 24.0. The molecule has 0 aliphatic carbocycles. The number of carbonyl (C=O) groups is 9. The summed E-state index contributed by atoms with van der Waals surface area (Å²) in [6.07, 6.45) is -3.73. The fourth-order valence-corrected chi connectivity index (χ4v) is 9.38. The average Bonchev–Trinajstić information content (AvgIpc) is 0.777. The minimum Gasteiger partial charge on any atom is -0.459 e. The Hall–Kier alpha value is -8.95. The third kappa shape index (κ3) is 26.9. The number of ether oxygens (including phenoxy) is 9. The van der Waals surface area contributed by atoms with Crippen molar-refractivity contribution in [1.29, 1.82) is 0 Å². The molecule has 3 aromatic carbocycles. The number of nitrogens with one attached hydrogen (secondary N) is 3. The van der Waals surface area contributed by atoms with Crippen LogP contribution in [-0.2, 0) is 91.2 Å². The number of anilines is 3. The third-order valence-corrected chi connectivity index (χ3v) is 13.3. The molecule has 3 N–H and O–H groups in total. The van der Waals surface area contributed by atoms with E-state index in [1.54, 1.807) is 136 Å². The molecular weight excluding hydrogens is 1370 g/mol. The zero-order chi connectivity index (χ0) is 72.0. The SMILES string of the molecule is CC(C)(C)OC(=O)N[C@@H](CCC(=O)OCc1ccc2ccc(N(c3ccc4ccc(COC(=O)CC[C@H](NC(=O)OC(C)(C)C)C(=O)OC(C)(C)C)nc4c3)c3ccc4ccc(COC(=O)CC[C@H](NC(=O)OC(C)(C)C)C(=O)OC(C)(C)I)nc4c3)cc2n1)C(=O)OC(C)(C)C. The summed E-state index contributed by atoms with van der Waals surface area (Å²) >= 11 is 1.94. The highest BCUT2D eigenvalue weighted by Crippen LogP contribution is 2.39. The van der Waals surface area contributed by atoms with Gasteiger partial charge in [-0.25, -0.2) is 43.7 Å². The Kier molecular flexibility index (Phi) is 25.7. The van der Waals surface area contributed by atoms with E-state index in [1.807, 2.05) is 100 Å². The number of fused-ring (bicyclic) bond motifs is 3. The molecule has 0 unspecified atom stereocenters. The van der Waals surface area contributed by atoms with E-state index in [2.05, 4.69) is 16.0 Å². The molecule has 3 amide bonds. The van der Waals surface area contributed by atoms with Crippen molar-refractivity contribution < 1.29 is 85.8 Å². The van der Waals surface area contributed by atoms with Crippen LogP contribution in [0.2, 0.25) is 0 Å². The van der Waals surface area contributed by atoms with E-state index >= 15 is 0 Å². The number of aromatic nitrogens is 3. The molecule has 0 radical (unpaired) electrons. The Morgan fingerprint density at radius 2 is 0.619 bits per heavy atom. The van der Waals surface area contributed by atoms with Crippen LogP contribution in [-0.4, -0.2) is 119 Å². The Labute approximate surface area is 578 Å². The molecule has 0 aliphatic rings. The molecule has 25 nitrogen and oxygen atoms in total. The van der Waals surface area contributed by atoms with E-state index in [4.69, 9.17) is 57.6 Å². The lowest BCUT2D eigenvalue weighted by Crippen LogP contribution is -2.46. The fraction of sp³-hybridized carbons (Fsp3) is 0.493. The van der Waals surface area contributed by atoms with Crippen molar-refractivity contribution in [3.63, 3.8) is 0 Å². The van der Waals surface area contributed by atoms with Gasteiger partial charge in [-0.1, -0.05) is 36.4 Å². The summed E-state index contributed by atoms with van der Waals surface area (Å²) in [6.45, 7) is 27.9. The first kappa shape index (κ1) is 77.1. The van der Waals surface area contributed by atoms with Crippen molar-refractivity contribution in [3.05, 3.63) is 108 Å². The van der Waals surface area contributed by atoms with Crippen molar-refractivity contribution in [3.8, 4) is 0 Å². The predicted molar refractivity (Wildman–Crippen MR) is 369 cm³/mol. The Balaban J connectivity index is 1.28. The van der Waals surface area contributed by atoms with Crippen LogP contribution < -0.4 is 20.9 Å². The molecule has 0 bridgehead atoms. The number of rotatable bonds is 25. The quantitative estimate of drug-likeness (QED) is 0.0207. The van der Waals surface area contributed by atoms with Crippen LogP contribution in [0, 0.1) is 0 Å². The average molecular weight is 1460 g/mol. The number of benzene rings is 3. The third-order valence-electron chi connectivity index (χ3n) is 13.1. The van der Waals surface area contributed by atoms with Crippen LogP contribution >= 0.6 is 22.6 Å². The maximum atomic E-state index is 13.3. The Bertz CT molecular complexity index is 3460. The van der Waals surface area contributed by atoms with Gasteiger partial charge in [0.05, 0.1) is 33.6 Å². The molecule has 0 aliphatic heterocycles. The lowest BCUT2D eigenvalue weighted by atomic mass is 10.1. The van der Waals surface area contributed by atoms with Crippen molar-refractivity contribution >= 4 is 126 Å². The van der Waals surface area contributed by atoms with Crippen molar-refractivity contribution in [1.82, 2.24) is 30.9 Å². The van der Waals surface area contributed by atoms with Gasteiger partial charge in [-0.2, -0.15) is 0 Å². The Morgan fingerprint density at radius 1 is 0.371 bits per heavy atom. The summed E-state index contributed by atoms with van der Waals surface area (Å²) in [5, 5.41) is 9.82.